The molecule has 0 aromatic carbocycles. The van der Waals surface area contributed by atoms with Crippen molar-refractivity contribution in [1.29, 1.82) is 0 Å². The minimum Gasteiger partial charge on any atom is -0.382 e. The third-order valence-electron chi connectivity index (χ3n) is 1.83. The third kappa shape index (κ3) is 1.63. The monoisotopic (exact) mass is 252 g/mol. The summed E-state index contributed by atoms with van der Waals surface area (Å²) in [5.41, 5.74) is 6.55. The molecule has 72 valence electrons. The zero-order valence-electron chi connectivity index (χ0n) is 7.61. The molecular weight excluding hydrogens is 244 g/mol. The van der Waals surface area contributed by atoms with E-state index in [0.717, 1.165) is 16.0 Å². The Morgan fingerprint density at radius 1 is 1.43 bits per heavy atom. The van der Waals surface area contributed by atoms with Gasteiger partial charge in [0.15, 0.2) is 5.82 Å². The highest BCUT2D eigenvalue weighted by Crippen LogP contribution is 2.15. The first-order valence-electron chi connectivity index (χ1n) is 4.11. The number of hydrogen-bond donors (Lipinski definition) is 1. The van der Waals surface area contributed by atoms with E-state index < -0.39 is 0 Å². The molecule has 0 aliphatic heterocycles. The quantitative estimate of drug-likeness (QED) is 0.844. The summed E-state index contributed by atoms with van der Waals surface area (Å²) in [6, 6.07) is 5.56. The molecule has 2 aromatic rings. The Morgan fingerprint density at radius 2 is 2.21 bits per heavy atom. The van der Waals surface area contributed by atoms with Crippen LogP contribution in [0.4, 0.5) is 5.82 Å². The number of aromatic nitrogens is 3. The normalized spacial score (nSPS) is 10.4. The molecule has 0 atom stereocenters. The summed E-state index contributed by atoms with van der Waals surface area (Å²) in [6.45, 7) is 1.94. The Hall–Kier alpha value is -1.36. The van der Waals surface area contributed by atoms with Gasteiger partial charge in [-0.25, -0.2) is 9.67 Å². The maximum absolute atomic E-state index is 5.58. The van der Waals surface area contributed by atoms with Gasteiger partial charge in [-0.2, -0.15) is 0 Å². The standard InChI is InChI=1S/C9H9BrN4/c1-6-4-8(11)13-14(6)9-5-7(10)2-3-12-9/h2-5H,1H3,(H2,11,13). The fraction of sp³-hybridized carbons (Fsp3) is 0.111. The highest BCUT2D eigenvalue weighted by atomic mass is 79.9. The second kappa shape index (κ2) is 3.42. The number of hydrogen-bond acceptors (Lipinski definition) is 3. The summed E-state index contributed by atoms with van der Waals surface area (Å²) in [5, 5.41) is 4.13. The van der Waals surface area contributed by atoms with Crippen LogP contribution in [-0.4, -0.2) is 14.8 Å². The Labute approximate surface area is 89.9 Å². The molecule has 4 nitrogen and oxygen atoms in total. The molecule has 0 spiro atoms. The van der Waals surface area contributed by atoms with Gasteiger partial charge in [0.25, 0.3) is 0 Å². The van der Waals surface area contributed by atoms with Crippen LogP contribution in [0.15, 0.2) is 28.9 Å². The van der Waals surface area contributed by atoms with Gasteiger partial charge >= 0.3 is 0 Å². The van der Waals surface area contributed by atoms with E-state index in [1.165, 1.54) is 0 Å². The van der Waals surface area contributed by atoms with Crippen molar-refractivity contribution in [3.8, 4) is 5.82 Å². The lowest BCUT2D eigenvalue weighted by molar-refractivity contribution is 0.820. The maximum atomic E-state index is 5.58. The summed E-state index contributed by atoms with van der Waals surface area (Å²) < 4.78 is 2.68. The first-order valence-corrected chi connectivity index (χ1v) is 4.90. The highest BCUT2D eigenvalue weighted by molar-refractivity contribution is 9.10. The van der Waals surface area contributed by atoms with E-state index in [0.29, 0.717) is 5.82 Å². The van der Waals surface area contributed by atoms with Crippen molar-refractivity contribution in [2.24, 2.45) is 0 Å². The van der Waals surface area contributed by atoms with Gasteiger partial charge in [-0.15, -0.1) is 5.10 Å². The Kier molecular flexibility index (Phi) is 2.25. The van der Waals surface area contributed by atoms with Gasteiger partial charge in [-0.1, -0.05) is 15.9 Å². The third-order valence-corrected chi connectivity index (χ3v) is 2.32. The Morgan fingerprint density at radius 3 is 2.79 bits per heavy atom. The largest absolute Gasteiger partial charge is 0.382 e. The van der Waals surface area contributed by atoms with E-state index in [4.69, 9.17) is 5.73 Å². The topological polar surface area (TPSA) is 56.7 Å². The van der Waals surface area contributed by atoms with Gasteiger partial charge in [-0.05, 0) is 19.1 Å². The fourth-order valence-electron chi connectivity index (χ4n) is 1.24. The number of nitrogens with two attached hydrogens (primary N) is 1. The predicted molar refractivity (Wildman–Crippen MR) is 58.2 cm³/mol. The Balaban J connectivity index is 2.54. The van der Waals surface area contributed by atoms with E-state index in [1.807, 2.05) is 25.1 Å². The van der Waals surface area contributed by atoms with Crippen molar-refractivity contribution in [2.75, 3.05) is 5.73 Å². The summed E-state index contributed by atoms with van der Waals surface area (Å²) in [7, 11) is 0. The second-order valence-electron chi connectivity index (χ2n) is 2.95. The van der Waals surface area contributed by atoms with Crippen LogP contribution in [0.2, 0.25) is 0 Å². The number of halogens is 1. The minimum atomic E-state index is 0.504. The van der Waals surface area contributed by atoms with Gasteiger partial charge in [0.1, 0.15) is 5.82 Å². The van der Waals surface area contributed by atoms with Crippen molar-refractivity contribution in [3.63, 3.8) is 0 Å². The lowest BCUT2D eigenvalue weighted by Crippen LogP contribution is -2.01. The smallest absolute Gasteiger partial charge is 0.154 e. The second-order valence-corrected chi connectivity index (χ2v) is 3.87. The summed E-state index contributed by atoms with van der Waals surface area (Å²) in [6.07, 6.45) is 1.72. The average Bonchev–Trinajstić information content (AvgIpc) is 2.45. The van der Waals surface area contributed by atoms with E-state index in [2.05, 4.69) is 26.0 Å². The van der Waals surface area contributed by atoms with E-state index in [1.54, 1.807) is 10.9 Å². The van der Waals surface area contributed by atoms with E-state index >= 15 is 0 Å². The first kappa shape index (κ1) is 9.21. The van der Waals surface area contributed by atoms with E-state index in [-0.39, 0.29) is 0 Å². The number of anilines is 1. The molecule has 0 unspecified atom stereocenters. The molecule has 0 bridgehead atoms. The van der Waals surface area contributed by atoms with Crippen LogP contribution in [0.3, 0.4) is 0 Å². The SMILES string of the molecule is Cc1cc(N)nn1-c1cc(Br)ccn1. The molecule has 14 heavy (non-hydrogen) atoms. The molecule has 2 rings (SSSR count). The van der Waals surface area contributed by atoms with E-state index in [9.17, 15) is 0 Å². The molecule has 0 aliphatic rings. The minimum absolute atomic E-state index is 0.504. The summed E-state index contributed by atoms with van der Waals surface area (Å²) in [5.74, 6) is 1.26. The zero-order valence-corrected chi connectivity index (χ0v) is 9.19. The van der Waals surface area contributed by atoms with Crippen LogP contribution in [0, 0.1) is 6.92 Å². The summed E-state index contributed by atoms with van der Waals surface area (Å²) >= 11 is 3.38. The average molecular weight is 253 g/mol. The van der Waals surface area contributed by atoms with Crippen molar-refractivity contribution in [1.82, 2.24) is 14.8 Å². The lowest BCUT2D eigenvalue weighted by atomic mass is 10.4. The van der Waals surface area contributed by atoms with Crippen molar-refractivity contribution in [2.45, 2.75) is 6.92 Å². The number of nitrogens with zero attached hydrogens (tertiary/aromatic N) is 3. The number of pyridine rings is 1. The zero-order chi connectivity index (χ0) is 10.1. The molecule has 2 heterocycles. The summed E-state index contributed by atoms with van der Waals surface area (Å²) in [4.78, 5) is 4.20. The number of rotatable bonds is 1. The molecule has 0 saturated carbocycles. The number of aryl methyl sites for hydroxylation is 1. The van der Waals surface area contributed by atoms with Crippen LogP contribution >= 0.6 is 15.9 Å². The molecule has 2 N–H and O–H groups in total. The Bertz CT molecular complexity index is 464. The van der Waals surface area contributed by atoms with Crippen LogP contribution in [0.25, 0.3) is 5.82 Å². The van der Waals surface area contributed by atoms with Crippen molar-refractivity contribution in [3.05, 3.63) is 34.6 Å². The lowest BCUT2D eigenvalue weighted by Gasteiger charge is -2.02. The van der Waals surface area contributed by atoms with Crippen LogP contribution in [-0.2, 0) is 0 Å². The van der Waals surface area contributed by atoms with Gasteiger partial charge in [0.2, 0.25) is 0 Å². The molecule has 0 radical (unpaired) electrons. The number of nitrogen functional groups attached to an aromatic ring is 1. The van der Waals surface area contributed by atoms with Gasteiger partial charge < -0.3 is 5.73 Å². The van der Waals surface area contributed by atoms with Crippen molar-refractivity contribution >= 4 is 21.7 Å². The molecule has 2 aromatic heterocycles. The van der Waals surface area contributed by atoms with Crippen molar-refractivity contribution < 1.29 is 0 Å². The molecule has 0 saturated heterocycles. The molecule has 0 aliphatic carbocycles. The fourth-order valence-corrected chi connectivity index (χ4v) is 1.56. The predicted octanol–water partition coefficient (Wildman–Crippen LogP) is 1.92. The van der Waals surface area contributed by atoms with Crippen LogP contribution in [0.1, 0.15) is 5.69 Å². The van der Waals surface area contributed by atoms with Gasteiger partial charge in [0.05, 0.1) is 0 Å². The molecule has 0 fully saturated rings. The first-order chi connectivity index (χ1) is 6.66. The van der Waals surface area contributed by atoms with Gasteiger partial charge in [0, 0.05) is 22.4 Å². The van der Waals surface area contributed by atoms with Crippen LogP contribution in [0.5, 0.6) is 0 Å². The molecule has 5 heteroatoms. The molecular formula is C9H9BrN4. The molecule has 0 amide bonds. The highest BCUT2D eigenvalue weighted by Gasteiger charge is 2.04. The van der Waals surface area contributed by atoms with Gasteiger partial charge in [-0.3, -0.25) is 0 Å². The van der Waals surface area contributed by atoms with Crippen LogP contribution < -0.4 is 5.73 Å². The maximum Gasteiger partial charge on any atom is 0.154 e.